The maximum Gasteiger partial charge on any atom is 0.319 e. The fourth-order valence-electron chi connectivity index (χ4n) is 0.993. The van der Waals surface area contributed by atoms with Gasteiger partial charge < -0.3 is 10.1 Å². The highest BCUT2D eigenvalue weighted by atomic mass is 16.5. The van der Waals surface area contributed by atoms with E-state index < -0.39 is 0 Å². The maximum atomic E-state index is 10.9. The summed E-state index contributed by atoms with van der Waals surface area (Å²) in [6, 6.07) is 0. The smallest absolute Gasteiger partial charge is 0.319 e. The summed E-state index contributed by atoms with van der Waals surface area (Å²) in [6.45, 7) is 5.85. The molecule has 0 aliphatic carbocycles. The molecule has 0 aromatic carbocycles. The van der Waals surface area contributed by atoms with Gasteiger partial charge in [0.05, 0.1) is 13.2 Å². The highest BCUT2D eigenvalue weighted by Crippen LogP contribution is 1.98. The normalized spacial score (nSPS) is 10.0. The number of nitrogens with one attached hydrogen (secondary N) is 1. The Balaban J connectivity index is 3.08. The molecule has 1 N–H and O–H groups in total. The molecule has 0 aromatic rings. The summed E-state index contributed by atoms with van der Waals surface area (Å²) in [4.78, 5) is 10.9. The summed E-state index contributed by atoms with van der Waals surface area (Å²) in [5, 5.41) is 2.93. The van der Waals surface area contributed by atoms with Crippen LogP contribution < -0.4 is 5.32 Å². The maximum absolute atomic E-state index is 10.9. The van der Waals surface area contributed by atoms with Crippen molar-refractivity contribution >= 4 is 5.97 Å². The molecule has 0 spiro atoms. The Morgan fingerprint density at radius 1 is 1.23 bits per heavy atom. The highest BCUT2D eigenvalue weighted by Gasteiger charge is 1.99. The van der Waals surface area contributed by atoms with E-state index in [0.29, 0.717) is 13.2 Å². The van der Waals surface area contributed by atoms with Crippen molar-refractivity contribution in [2.75, 3.05) is 19.7 Å². The number of likely N-dealkylation sites (N-methyl/N-ethyl adjacent to an activating group) is 1. The van der Waals surface area contributed by atoms with Crippen molar-refractivity contribution < 1.29 is 9.53 Å². The van der Waals surface area contributed by atoms with Crippen LogP contribution in [0.15, 0.2) is 0 Å². The third-order valence-corrected chi connectivity index (χ3v) is 1.78. The van der Waals surface area contributed by atoms with Gasteiger partial charge in [-0.05, 0) is 13.0 Å². The quantitative estimate of drug-likeness (QED) is 0.464. The summed E-state index contributed by atoms with van der Waals surface area (Å²) < 4.78 is 4.99. The molecular formula is C10H21NO2. The Hall–Kier alpha value is -0.570. The van der Waals surface area contributed by atoms with Crippen LogP contribution in [0.3, 0.4) is 0 Å². The van der Waals surface area contributed by atoms with Crippen LogP contribution in [-0.2, 0) is 9.53 Å². The first-order chi connectivity index (χ1) is 6.31. The SMILES string of the molecule is CCCCCCOC(=O)CNCC. The molecule has 0 aliphatic rings. The minimum absolute atomic E-state index is 0.140. The predicted octanol–water partition coefficient (Wildman–Crippen LogP) is 1.72. The Labute approximate surface area is 80.8 Å². The number of hydrogen-bond donors (Lipinski definition) is 1. The van der Waals surface area contributed by atoms with Gasteiger partial charge >= 0.3 is 5.97 Å². The predicted molar refractivity (Wildman–Crippen MR) is 53.6 cm³/mol. The van der Waals surface area contributed by atoms with Crippen LogP contribution in [0.25, 0.3) is 0 Å². The number of ether oxygens (including phenoxy) is 1. The van der Waals surface area contributed by atoms with Crippen molar-refractivity contribution in [2.45, 2.75) is 39.5 Å². The first-order valence-corrected chi connectivity index (χ1v) is 5.17. The van der Waals surface area contributed by atoms with Crippen LogP contribution in [0.1, 0.15) is 39.5 Å². The molecule has 0 heterocycles. The van der Waals surface area contributed by atoms with Gasteiger partial charge in [0.15, 0.2) is 0 Å². The average Bonchev–Trinajstić information content (AvgIpc) is 2.14. The molecule has 3 heteroatoms. The lowest BCUT2D eigenvalue weighted by molar-refractivity contribution is -0.142. The van der Waals surface area contributed by atoms with Gasteiger partial charge in [-0.1, -0.05) is 33.1 Å². The van der Waals surface area contributed by atoms with Crippen LogP contribution in [0.4, 0.5) is 0 Å². The summed E-state index contributed by atoms with van der Waals surface area (Å²) >= 11 is 0. The van der Waals surface area contributed by atoms with E-state index in [2.05, 4.69) is 12.2 Å². The van der Waals surface area contributed by atoms with Crippen LogP contribution in [0.2, 0.25) is 0 Å². The Kier molecular flexibility index (Phi) is 9.10. The highest BCUT2D eigenvalue weighted by molar-refractivity contribution is 5.71. The fraction of sp³-hybridized carbons (Fsp3) is 0.900. The van der Waals surface area contributed by atoms with E-state index in [9.17, 15) is 4.79 Å². The zero-order valence-corrected chi connectivity index (χ0v) is 8.77. The van der Waals surface area contributed by atoms with Gasteiger partial charge in [-0.3, -0.25) is 4.79 Å². The largest absolute Gasteiger partial charge is 0.465 e. The first kappa shape index (κ1) is 12.4. The molecule has 3 nitrogen and oxygen atoms in total. The molecular weight excluding hydrogens is 166 g/mol. The van der Waals surface area contributed by atoms with E-state index in [1.165, 1.54) is 12.8 Å². The second kappa shape index (κ2) is 9.52. The summed E-state index contributed by atoms with van der Waals surface area (Å²) in [6.07, 6.45) is 4.59. The number of unbranched alkanes of at least 4 members (excludes halogenated alkanes) is 3. The van der Waals surface area contributed by atoms with E-state index in [4.69, 9.17) is 4.74 Å². The van der Waals surface area contributed by atoms with Gasteiger partial charge in [0.25, 0.3) is 0 Å². The fourth-order valence-corrected chi connectivity index (χ4v) is 0.993. The Morgan fingerprint density at radius 3 is 2.62 bits per heavy atom. The second-order valence-corrected chi connectivity index (χ2v) is 3.06. The van der Waals surface area contributed by atoms with Crippen molar-refractivity contribution in [2.24, 2.45) is 0 Å². The molecule has 0 fully saturated rings. The zero-order valence-electron chi connectivity index (χ0n) is 8.77. The van der Waals surface area contributed by atoms with E-state index in [1.807, 2.05) is 6.92 Å². The monoisotopic (exact) mass is 187 g/mol. The van der Waals surface area contributed by atoms with E-state index in [0.717, 1.165) is 19.4 Å². The molecule has 0 rings (SSSR count). The van der Waals surface area contributed by atoms with Gasteiger partial charge in [0.1, 0.15) is 0 Å². The van der Waals surface area contributed by atoms with E-state index >= 15 is 0 Å². The molecule has 0 atom stereocenters. The second-order valence-electron chi connectivity index (χ2n) is 3.06. The van der Waals surface area contributed by atoms with Crippen molar-refractivity contribution in [3.8, 4) is 0 Å². The number of carbonyl (C=O) groups excluding carboxylic acids is 1. The van der Waals surface area contributed by atoms with Gasteiger partial charge in [-0.15, -0.1) is 0 Å². The molecule has 13 heavy (non-hydrogen) atoms. The van der Waals surface area contributed by atoms with Crippen molar-refractivity contribution in [3.05, 3.63) is 0 Å². The van der Waals surface area contributed by atoms with Gasteiger partial charge in [0, 0.05) is 0 Å². The minimum atomic E-state index is -0.140. The zero-order chi connectivity index (χ0) is 9.94. The standard InChI is InChI=1S/C10H21NO2/c1-3-5-6-7-8-13-10(12)9-11-4-2/h11H,3-9H2,1-2H3. The molecule has 0 aliphatic heterocycles. The molecule has 0 radical (unpaired) electrons. The first-order valence-electron chi connectivity index (χ1n) is 5.17. The summed E-state index contributed by atoms with van der Waals surface area (Å²) in [7, 11) is 0. The number of hydrogen-bond acceptors (Lipinski definition) is 3. The van der Waals surface area contributed by atoms with Crippen LogP contribution in [0.5, 0.6) is 0 Å². The lowest BCUT2D eigenvalue weighted by Gasteiger charge is -2.04. The molecule has 0 aromatic heterocycles. The van der Waals surface area contributed by atoms with Crippen molar-refractivity contribution in [1.82, 2.24) is 5.32 Å². The lowest BCUT2D eigenvalue weighted by atomic mass is 10.2. The third kappa shape index (κ3) is 9.34. The molecule has 0 saturated heterocycles. The molecule has 0 amide bonds. The van der Waals surface area contributed by atoms with Gasteiger partial charge in [-0.2, -0.15) is 0 Å². The van der Waals surface area contributed by atoms with Crippen molar-refractivity contribution in [1.29, 1.82) is 0 Å². The number of esters is 1. The summed E-state index contributed by atoms with van der Waals surface area (Å²) in [5.74, 6) is -0.140. The topological polar surface area (TPSA) is 38.3 Å². The van der Waals surface area contributed by atoms with Crippen molar-refractivity contribution in [3.63, 3.8) is 0 Å². The summed E-state index contributed by atoms with van der Waals surface area (Å²) in [5.41, 5.74) is 0. The number of carbonyl (C=O) groups is 1. The molecule has 0 saturated carbocycles. The van der Waals surface area contributed by atoms with Crippen LogP contribution >= 0.6 is 0 Å². The van der Waals surface area contributed by atoms with E-state index in [1.54, 1.807) is 0 Å². The van der Waals surface area contributed by atoms with Gasteiger partial charge in [-0.25, -0.2) is 0 Å². The minimum Gasteiger partial charge on any atom is -0.465 e. The van der Waals surface area contributed by atoms with Crippen LogP contribution in [0, 0.1) is 0 Å². The Bertz CT molecular complexity index is 126. The van der Waals surface area contributed by atoms with Gasteiger partial charge in [0.2, 0.25) is 0 Å². The molecule has 0 bridgehead atoms. The Morgan fingerprint density at radius 2 is 2.00 bits per heavy atom. The molecule has 78 valence electrons. The van der Waals surface area contributed by atoms with E-state index in [-0.39, 0.29) is 5.97 Å². The van der Waals surface area contributed by atoms with Crippen LogP contribution in [-0.4, -0.2) is 25.7 Å². The number of rotatable bonds is 8. The molecule has 0 unspecified atom stereocenters. The lowest BCUT2D eigenvalue weighted by Crippen LogP contribution is -2.24. The average molecular weight is 187 g/mol. The third-order valence-electron chi connectivity index (χ3n) is 1.78.